The number of hydrogen-bond donors (Lipinski definition) is 0. The quantitative estimate of drug-likeness (QED) is 0.365. The van der Waals surface area contributed by atoms with E-state index in [1.807, 2.05) is 0 Å². The Morgan fingerprint density at radius 1 is 1.11 bits per heavy atom. The summed E-state index contributed by atoms with van der Waals surface area (Å²) in [5.41, 5.74) is -4.28. The second-order valence-electron chi connectivity index (χ2n) is 4.67. The van der Waals surface area contributed by atoms with Crippen molar-refractivity contribution in [3.63, 3.8) is 0 Å². The van der Waals surface area contributed by atoms with E-state index in [-0.39, 0.29) is 0 Å². The van der Waals surface area contributed by atoms with E-state index in [2.05, 4.69) is 9.47 Å². The van der Waals surface area contributed by atoms with Crippen LogP contribution in [0.4, 0.5) is 0 Å². The van der Waals surface area contributed by atoms with E-state index in [0.717, 1.165) is 14.2 Å². The van der Waals surface area contributed by atoms with Gasteiger partial charge in [-0.1, -0.05) is 0 Å². The third kappa shape index (κ3) is 1.50. The topological polar surface area (TPSA) is 97.4 Å². The fourth-order valence-corrected chi connectivity index (χ4v) is 2.41. The van der Waals surface area contributed by atoms with Crippen molar-refractivity contribution in [3.8, 4) is 0 Å². The molecule has 0 N–H and O–H groups in total. The van der Waals surface area contributed by atoms with Crippen molar-refractivity contribution in [1.82, 2.24) is 0 Å². The Bertz CT molecular complexity index is 456. The first-order valence-electron chi connectivity index (χ1n) is 5.50. The number of carbonyl (C=O) groups excluding carboxylic acids is 3. The molecule has 0 aromatic carbocycles. The summed E-state index contributed by atoms with van der Waals surface area (Å²) in [6.45, 7) is 2.46. The average molecular weight is 274 g/mol. The SMILES string of the molecule is COC(=O)[C@@]12OC(C)(C)O[C@]1(C(=O)OC)COC2=O. The second-order valence-corrected chi connectivity index (χ2v) is 4.67. The van der Waals surface area contributed by atoms with Crippen molar-refractivity contribution >= 4 is 17.9 Å². The van der Waals surface area contributed by atoms with Gasteiger partial charge in [-0.15, -0.1) is 0 Å². The van der Waals surface area contributed by atoms with Crippen LogP contribution in [-0.4, -0.2) is 55.7 Å². The highest BCUT2D eigenvalue weighted by Crippen LogP contribution is 2.50. The van der Waals surface area contributed by atoms with Crippen LogP contribution >= 0.6 is 0 Å². The standard InChI is InChI=1S/C11H14O8/c1-9(2)18-10(6(12)15-3)5-17-8(14)11(10,19-9)7(13)16-4/h5H2,1-4H3/t10-,11-/m0/s1. The maximum atomic E-state index is 12.0. The van der Waals surface area contributed by atoms with E-state index in [1.54, 1.807) is 0 Å². The number of fused-ring (bicyclic) bond motifs is 1. The fraction of sp³-hybridized carbons (Fsp3) is 0.727. The molecular weight excluding hydrogens is 260 g/mol. The van der Waals surface area contributed by atoms with Crippen LogP contribution in [0.3, 0.4) is 0 Å². The highest BCUT2D eigenvalue weighted by Gasteiger charge is 2.82. The molecule has 0 spiro atoms. The van der Waals surface area contributed by atoms with Crippen molar-refractivity contribution in [2.24, 2.45) is 0 Å². The molecule has 2 aliphatic rings. The number of rotatable bonds is 2. The predicted octanol–water partition coefficient (Wildman–Crippen LogP) is -0.850. The van der Waals surface area contributed by atoms with Crippen molar-refractivity contribution in [2.75, 3.05) is 20.8 Å². The predicted molar refractivity (Wildman–Crippen MR) is 56.7 cm³/mol. The average Bonchev–Trinajstić information content (AvgIpc) is 2.77. The van der Waals surface area contributed by atoms with Crippen molar-refractivity contribution < 1.29 is 38.1 Å². The molecule has 0 amide bonds. The Morgan fingerprint density at radius 2 is 1.68 bits per heavy atom. The van der Waals surface area contributed by atoms with Crippen LogP contribution in [-0.2, 0) is 38.1 Å². The van der Waals surface area contributed by atoms with Gasteiger partial charge in [0.2, 0.25) is 0 Å². The molecule has 8 nitrogen and oxygen atoms in total. The number of cyclic esters (lactones) is 1. The first-order chi connectivity index (χ1) is 8.75. The number of esters is 3. The van der Waals surface area contributed by atoms with Crippen molar-refractivity contribution in [2.45, 2.75) is 30.8 Å². The highest BCUT2D eigenvalue weighted by atomic mass is 16.8. The van der Waals surface area contributed by atoms with Gasteiger partial charge in [-0.05, 0) is 13.8 Å². The summed E-state index contributed by atoms with van der Waals surface area (Å²) in [5, 5.41) is 0. The molecule has 0 aliphatic carbocycles. The summed E-state index contributed by atoms with van der Waals surface area (Å²) >= 11 is 0. The van der Waals surface area contributed by atoms with E-state index in [9.17, 15) is 14.4 Å². The minimum atomic E-state index is -2.29. The maximum absolute atomic E-state index is 12.0. The fourth-order valence-electron chi connectivity index (χ4n) is 2.41. The first kappa shape index (κ1) is 13.8. The minimum absolute atomic E-state index is 0.475. The monoisotopic (exact) mass is 274 g/mol. The van der Waals surface area contributed by atoms with Crippen LogP contribution < -0.4 is 0 Å². The maximum Gasteiger partial charge on any atom is 0.354 e. The zero-order chi connectivity index (χ0) is 14.5. The summed E-state index contributed by atoms with van der Waals surface area (Å²) in [6.07, 6.45) is 0. The van der Waals surface area contributed by atoms with Gasteiger partial charge >= 0.3 is 23.5 Å². The molecule has 19 heavy (non-hydrogen) atoms. The van der Waals surface area contributed by atoms with Gasteiger partial charge in [0.15, 0.2) is 5.79 Å². The van der Waals surface area contributed by atoms with Crippen LogP contribution in [0.25, 0.3) is 0 Å². The second kappa shape index (κ2) is 3.91. The Hall–Kier alpha value is -1.67. The third-order valence-corrected chi connectivity index (χ3v) is 3.07. The first-order valence-corrected chi connectivity index (χ1v) is 5.50. The Morgan fingerprint density at radius 3 is 2.21 bits per heavy atom. The van der Waals surface area contributed by atoms with Crippen LogP contribution in [0.1, 0.15) is 13.8 Å². The van der Waals surface area contributed by atoms with Gasteiger partial charge < -0.3 is 23.7 Å². The lowest BCUT2D eigenvalue weighted by Crippen LogP contribution is -2.63. The molecule has 0 saturated carbocycles. The molecule has 0 aromatic rings. The van der Waals surface area contributed by atoms with E-state index >= 15 is 0 Å². The van der Waals surface area contributed by atoms with Gasteiger partial charge in [-0.2, -0.15) is 0 Å². The van der Waals surface area contributed by atoms with Crippen molar-refractivity contribution in [1.29, 1.82) is 0 Å². The summed E-state index contributed by atoms with van der Waals surface area (Å²) < 4.78 is 24.8. The number of ether oxygens (including phenoxy) is 5. The molecule has 0 aromatic heterocycles. The molecule has 8 heteroatoms. The Labute approximate surface area is 108 Å². The summed E-state index contributed by atoms with van der Waals surface area (Å²) in [4.78, 5) is 36.0. The lowest BCUT2D eigenvalue weighted by molar-refractivity contribution is -0.206. The van der Waals surface area contributed by atoms with Gasteiger partial charge in [0, 0.05) is 0 Å². The van der Waals surface area contributed by atoms with E-state index in [1.165, 1.54) is 13.8 Å². The highest BCUT2D eigenvalue weighted by molar-refractivity contribution is 6.12. The summed E-state index contributed by atoms with van der Waals surface area (Å²) in [6, 6.07) is 0. The molecule has 2 fully saturated rings. The van der Waals surface area contributed by atoms with Gasteiger partial charge in [0.1, 0.15) is 6.61 Å². The number of hydrogen-bond acceptors (Lipinski definition) is 8. The molecule has 0 bridgehead atoms. The lowest BCUT2D eigenvalue weighted by atomic mass is 9.85. The molecular formula is C11H14O8. The number of carbonyl (C=O) groups is 3. The van der Waals surface area contributed by atoms with Crippen LogP contribution in [0, 0.1) is 0 Å². The smallest absolute Gasteiger partial charge is 0.354 e. The molecule has 2 rings (SSSR count). The Balaban J connectivity index is 2.63. The molecule has 2 aliphatic heterocycles. The molecule has 106 valence electrons. The van der Waals surface area contributed by atoms with E-state index < -0.39 is 41.5 Å². The van der Waals surface area contributed by atoms with Gasteiger partial charge in [0.25, 0.3) is 5.60 Å². The third-order valence-electron chi connectivity index (χ3n) is 3.07. The summed E-state index contributed by atoms with van der Waals surface area (Å²) in [5.74, 6) is -4.38. The molecule has 2 heterocycles. The molecule has 2 atom stereocenters. The van der Waals surface area contributed by atoms with E-state index in [4.69, 9.17) is 14.2 Å². The minimum Gasteiger partial charge on any atom is -0.467 e. The lowest BCUT2D eigenvalue weighted by Gasteiger charge is -2.26. The van der Waals surface area contributed by atoms with Crippen LogP contribution in [0.5, 0.6) is 0 Å². The normalized spacial score (nSPS) is 35.5. The zero-order valence-corrected chi connectivity index (χ0v) is 11.0. The molecule has 2 saturated heterocycles. The largest absolute Gasteiger partial charge is 0.467 e. The van der Waals surface area contributed by atoms with Gasteiger partial charge in [0.05, 0.1) is 14.2 Å². The zero-order valence-electron chi connectivity index (χ0n) is 11.0. The van der Waals surface area contributed by atoms with Gasteiger partial charge in [-0.25, -0.2) is 14.4 Å². The van der Waals surface area contributed by atoms with E-state index in [0.29, 0.717) is 0 Å². The molecule has 0 unspecified atom stereocenters. The van der Waals surface area contributed by atoms with Gasteiger partial charge in [-0.3, -0.25) is 0 Å². The van der Waals surface area contributed by atoms with Crippen LogP contribution in [0.15, 0.2) is 0 Å². The number of methoxy groups -OCH3 is 2. The Kier molecular flexibility index (Phi) is 2.83. The van der Waals surface area contributed by atoms with Crippen molar-refractivity contribution in [3.05, 3.63) is 0 Å². The molecule has 0 radical (unpaired) electrons. The van der Waals surface area contributed by atoms with Crippen LogP contribution in [0.2, 0.25) is 0 Å². The summed E-state index contributed by atoms with van der Waals surface area (Å²) in [7, 11) is 2.18.